The highest BCUT2D eigenvalue weighted by molar-refractivity contribution is 6.37. The molecule has 0 aliphatic carbocycles. The molecule has 0 saturated carbocycles. The zero-order valence-corrected chi connectivity index (χ0v) is 21.6. The fourth-order valence-electron chi connectivity index (χ4n) is 3.83. The van der Waals surface area contributed by atoms with Crippen molar-refractivity contribution in [3.63, 3.8) is 0 Å². The number of halogens is 3. The van der Waals surface area contributed by atoms with Gasteiger partial charge >= 0.3 is 18.2 Å². The minimum absolute atomic E-state index is 0.0734. The van der Waals surface area contributed by atoms with Crippen LogP contribution in [0.15, 0.2) is 60.7 Å². The van der Waals surface area contributed by atoms with Crippen LogP contribution in [-0.4, -0.2) is 37.6 Å². The van der Waals surface area contributed by atoms with Crippen molar-refractivity contribution >= 4 is 17.6 Å². The first-order valence-corrected chi connectivity index (χ1v) is 11.5. The van der Waals surface area contributed by atoms with Gasteiger partial charge in [-0.15, -0.1) is 13.2 Å². The van der Waals surface area contributed by atoms with E-state index in [1.165, 1.54) is 38.5 Å². The fraction of sp³-hybridized carbons (Fsp3) is 0.286. The van der Waals surface area contributed by atoms with Gasteiger partial charge < -0.3 is 19.3 Å². The number of carbonyl (C=O) groups excluding carboxylic acids is 1. The largest absolute Gasteiger partial charge is 0.573 e. The molecule has 0 radical (unpaired) electrons. The molecule has 1 amide bonds. The second-order valence-corrected chi connectivity index (χ2v) is 9.44. The summed E-state index contributed by atoms with van der Waals surface area (Å²) in [6, 6.07) is 15.5. The quantitative estimate of drug-likeness (QED) is 0.366. The molecular weight excluding hydrogens is 503 g/mol. The summed E-state index contributed by atoms with van der Waals surface area (Å²) < 4.78 is 52.5. The molecule has 10 heteroatoms. The van der Waals surface area contributed by atoms with Gasteiger partial charge in [-0.2, -0.15) is 0 Å². The van der Waals surface area contributed by atoms with E-state index in [1.807, 2.05) is 24.3 Å². The van der Waals surface area contributed by atoms with E-state index in [2.05, 4.69) is 25.5 Å². The fourth-order valence-corrected chi connectivity index (χ4v) is 3.83. The Balaban J connectivity index is 2.09. The minimum Gasteiger partial charge on any atom is -0.496 e. The van der Waals surface area contributed by atoms with Crippen LogP contribution in [0, 0.1) is 0 Å². The summed E-state index contributed by atoms with van der Waals surface area (Å²) in [6.45, 7) is 6.12. The molecule has 202 valence electrons. The van der Waals surface area contributed by atoms with Crippen molar-refractivity contribution in [3.05, 3.63) is 71.8 Å². The van der Waals surface area contributed by atoms with Crippen LogP contribution in [0.25, 0.3) is 11.1 Å². The molecule has 0 bridgehead atoms. The number of ether oxygens (including phenoxy) is 3. The molecule has 1 N–H and O–H groups in total. The van der Waals surface area contributed by atoms with Gasteiger partial charge in [0.2, 0.25) is 0 Å². The van der Waals surface area contributed by atoms with Gasteiger partial charge in [-0.3, -0.25) is 9.69 Å². The first-order valence-electron chi connectivity index (χ1n) is 11.5. The molecule has 3 aromatic rings. The number of aliphatic carboxylic acids is 1. The summed E-state index contributed by atoms with van der Waals surface area (Å²) in [7, 11) is 2.76. The average Bonchev–Trinajstić information content (AvgIpc) is 2.85. The van der Waals surface area contributed by atoms with Gasteiger partial charge in [-0.25, -0.2) is 4.79 Å². The van der Waals surface area contributed by atoms with Crippen molar-refractivity contribution in [2.75, 3.05) is 19.1 Å². The van der Waals surface area contributed by atoms with Crippen LogP contribution in [0.4, 0.5) is 18.9 Å². The Labute approximate surface area is 218 Å². The number of carboxylic acids is 1. The second kappa shape index (κ2) is 11.0. The first-order chi connectivity index (χ1) is 17.7. The second-order valence-electron chi connectivity index (χ2n) is 9.44. The molecule has 7 nitrogen and oxygen atoms in total. The lowest BCUT2D eigenvalue weighted by atomic mass is 9.87. The van der Waals surface area contributed by atoms with Gasteiger partial charge in [0, 0.05) is 11.6 Å². The van der Waals surface area contributed by atoms with Crippen LogP contribution >= 0.6 is 0 Å². The Hall–Kier alpha value is -4.21. The molecule has 3 rings (SSSR count). The molecule has 0 fully saturated rings. The standard InChI is InChI=1S/C28H28F3NO6/c1-27(2,3)19-10-6-17(7-11-19)16-32(25(33)26(34)35)22-14-21(23(36-4)15-24(22)37-5)18-8-12-20(13-9-18)38-28(29,30)31/h6-15H,16H2,1-5H3,(H,34,35). The Bertz CT molecular complexity index is 1300. The third-order valence-electron chi connectivity index (χ3n) is 5.78. The SMILES string of the molecule is COc1cc(OC)c(N(Cc2ccc(C(C)(C)C)cc2)C(=O)C(=O)O)cc1-c1ccc(OC(F)(F)F)cc1. The van der Waals surface area contributed by atoms with Crippen LogP contribution in [0.2, 0.25) is 0 Å². The minimum atomic E-state index is -4.84. The average molecular weight is 532 g/mol. The normalized spacial score (nSPS) is 11.6. The topological polar surface area (TPSA) is 85.3 Å². The summed E-state index contributed by atoms with van der Waals surface area (Å²) >= 11 is 0. The van der Waals surface area contributed by atoms with Crippen LogP contribution in [-0.2, 0) is 21.5 Å². The van der Waals surface area contributed by atoms with E-state index in [0.717, 1.165) is 22.6 Å². The maximum atomic E-state index is 12.8. The summed E-state index contributed by atoms with van der Waals surface area (Å²) in [5.74, 6) is -2.79. The van der Waals surface area contributed by atoms with Gasteiger partial charge in [0.15, 0.2) is 0 Å². The number of methoxy groups -OCH3 is 2. The van der Waals surface area contributed by atoms with Gasteiger partial charge in [0.1, 0.15) is 17.2 Å². The predicted octanol–water partition coefficient (Wildman–Crippen LogP) is 6.18. The molecule has 0 aliphatic rings. The van der Waals surface area contributed by atoms with Gasteiger partial charge in [0.05, 0.1) is 26.5 Å². The van der Waals surface area contributed by atoms with Crippen LogP contribution in [0.3, 0.4) is 0 Å². The number of anilines is 1. The number of benzene rings is 3. The molecule has 0 atom stereocenters. The van der Waals surface area contributed by atoms with Gasteiger partial charge in [0.25, 0.3) is 0 Å². The van der Waals surface area contributed by atoms with Crippen molar-refractivity contribution in [2.45, 2.75) is 39.1 Å². The van der Waals surface area contributed by atoms with E-state index in [0.29, 0.717) is 22.4 Å². The third kappa shape index (κ3) is 6.76. The number of hydrogen-bond donors (Lipinski definition) is 1. The summed E-state index contributed by atoms with van der Waals surface area (Å²) in [6.07, 6.45) is -4.84. The molecular formula is C28H28F3NO6. The van der Waals surface area contributed by atoms with Crippen LogP contribution < -0.4 is 19.1 Å². The number of alkyl halides is 3. The molecule has 0 unspecified atom stereocenters. The lowest BCUT2D eigenvalue weighted by Gasteiger charge is -2.25. The number of hydrogen-bond acceptors (Lipinski definition) is 5. The number of carboxylic acid groups (broad SMARTS) is 1. The Morgan fingerprint density at radius 1 is 0.868 bits per heavy atom. The molecule has 0 saturated heterocycles. The zero-order chi connectivity index (χ0) is 28.3. The van der Waals surface area contributed by atoms with Gasteiger partial charge in [-0.1, -0.05) is 57.2 Å². The lowest BCUT2D eigenvalue weighted by Crippen LogP contribution is -2.36. The number of carbonyl (C=O) groups is 2. The Morgan fingerprint density at radius 2 is 1.45 bits per heavy atom. The molecule has 0 aromatic heterocycles. The van der Waals surface area contributed by atoms with Crippen molar-refractivity contribution in [1.82, 2.24) is 0 Å². The van der Waals surface area contributed by atoms with Crippen molar-refractivity contribution in [3.8, 4) is 28.4 Å². The summed E-state index contributed by atoms with van der Waals surface area (Å²) in [5, 5.41) is 9.55. The van der Waals surface area contributed by atoms with Crippen LogP contribution in [0.1, 0.15) is 31.9 Å². The van der Waals surface area contributed by atoms with E-state index in [4.69, 9.17) is 9.47 Å². The van der Waals surface area contributed by atoms with Crippen molar-refractivity contribution in [2.24, 2.45) is 0 Å². The van der Waals surface area contributed by atoms with Crippen molar-refractivity contribution < 1.29 is 42.1 Å². The maximum Gasteiger partial charge on any atom is 0.573 e. The highest BCUT2D eigenvalue weighted by atomic mass is 19.4. The number of nitrogens with zero attached hydrogens (tertiary/aromatic N) is 1. The molecule has 38 heavy (non-hydrogen) atoms. The molecule has 0 spiro atoms. The van der Waals surface area contributed by atoms with Crippen molar-refractivity contribution in [1.29, 1.82) is 0 Å². The molecule has 3 aromatic carbocycles. The van der Waals surface area contributed by atoms with E-state index >= 15 is 0 Å². The first kappa shape index (κ1) is 28.4. The highest BCUT2D eigenvalue weighted by Crippen LogP contribution is 2.42. The smallest absolute Gasteiger partial charge is 0.496 e. The highest BCUT2D eigenvalue weighted by Gasteiger charge is 2.31. The van der Waals surface area contributed by atoms with Gasteiger partial charge in [-0.05, 0) is 40.3 Å². The molecule has 0 aliphatic heterocycles. The molecule has 0 heterocycles. The van der Waals surface area contributed by atoms with E-state index < -0.39 is 24.0 Å². The maximum absolute atomic E-state index is 12.8. The zero-order valence-electron chi connectivity index (χ0n) is 21.6. The lowest BCUT2D eigenvalue weighted by molar-refractivity contribution is -0.274. The monoisotopic (exact) mass is 531 g/mol. The van der Waals surface area contributed by atoms with E-state index in [1.54, 1.807) is 0 Å². The summed E-state index contributed by atoms with van der Waals surface area (Å²) in [4.78, 5) is 25.7. The van der Waals surface area contributed by atoms with Crippen LogP contribution in [0.5, 0.6) is 17.2 Å². The number of amides is 1. The number of rotatable bonds is 7. The Morgan fingerprint density at radius 3 is 1.92 bits per heavy atom. The summed E-state index contributed by atoms with van der Waals surface area (Å²) in [5.41, 5.74) is 2.64. The Kier molecular flexibility index (Phi) is 8.24. The van der Waals surface area contributed by atoms with E-state index in [9.17, 15) is 27.9 Å². The van der Waals surface area contributed by atoms with E-state index in [-0.39, 0.29) is 23.4 Å². The third-order valence-corrected chi connectivity index (χ3v) is 5.78. The predicted molar refractivity (Wildman–Crippen MR) is 136 cm³/mol.